The van der Waals surface area contributed by atoms with Crippen molar-refractivity contribution in [1.82, 2.24) is 19.1 Å². The third-order valence-corrected chi connectivity index (χ3v) is 6.75. The molecule has 0 aliphatic heterocycles. The molecule has 1 N–H and O–H groups in total. The van der Waals surface area contributed by atoms with Crippen molar-refractivity contribution in [2.24, 2.45) is 21.5 Å². The average molecular weight is 507 g/mol. The molecular weight excluding hydrogens is 476 g/mol. The second kappa shape index (κ2) is 10.9. The molecule has 11 nitrogen and oxygen atoms in total. The third kappa shape index (κ3) is 6.16. The second-order valence-corrected chi connectivity index (χ2v) is 10.0. The van der Waals surface area contributed by atoms with Crippen LogP contribution >= 0.6 is 0 Å². The summed E-state index contributed by atoms with van der Waals surface area (Å²) in [5.74, 6) is 0.103. The lowest BCUT2D eigenvalue weighted by atomic mass is 9.73. The molecule has 2 aromatic heterocycles. The minimum absolute atomic E-state index is 0.0240. The van der Waals surface area contributed by atoms with Gasteiger partial charge in [-0.15, -0.1) is 4.91 Å². The number of nitroso groups, excluding NO2 is 1. The average Bonchev–Trinajstić information content (AvgIpc) is 2.88. The Morgan fingerprint density at radius 2 is 1.81 bits per heavy atom. The monoisotopic (exact) mass is 506 g/mol. The molecule has 1 fully saturated rings. The highest BCUT2D eigenvalue weighted by molar-refractivity contribution is 5.94. The predicted octanol–water partition coefficient (Wildman–Crippen LogP) is 3.90. The van der Waals surface area contributed by atoms with Crippen molar-refractivity contribution in [3.05, 3.63) is 79.8 Å². The number of hydrogen-bond donors (Lipinski definition) is 1. The Labute approximate surface area is 212 Å². The molecule has 37 heavy (non-hydrogen) atoms. The third-order valence-electron chi connectivity index (χ3n) is 6.75. The Bertz CT molecular complexity index is 1470. The molecule has 2 heterocycles. The maximum atomic E-state index is 13.2. The number of aromatic nitrogens is 4. The number of hydrogen-bond acceptors (Lipinski definition) is 7. The Hall–Kier alpha value is -4.15. The maximum absolute atomic E-state index is 13.2. The SMILES string of the molecule is CCn1c(=O)[nH]/c(=N\c2ccc(Oc3cncc(C(=O)N=O)c3)cc2)n(CC2CCC(C)(C)CC2)c1=O. The predicted molar refractivity (Wildman–Crippen MR) is 137 cm³/mol. The zero-order chi connectivity index (χ0) is 26.6. The van der Waals surface area contributed by atoms with Gasteiger partial charge in [0.25, 0.3) is 0 Å². The molecule has 1 saturated carbocycles. The Morgan fingerprint density at radius 3 is 2.46 bits per heavy atom. The van der Waals surface area contributed by atoms with Gasteiger partial charge in [-0.2, -0.15) is 0 Å². The minimum atomic E-state index is -0.934. The molecule has 0 radical (unpaired) electrons. The van der Waals surface area contributed by atoms with Crippen molar-refractivity contribution in [3.63, 3.8) is 0 Å². The van der Waals surface area contributed by atoms with Crippen LogP contribution in [0.25, 0.3) is 0 Å². The molecule has 3 aromatic rings. The number of aromatic amines is 1. The first-order chi connectivity index (χ1) is 17.7. The van der Waals surface area contributed by atoms with E-state index < -0.39 is 11.6 Å². The summed E-state index contributed by atoms with van der Waals surface area (Å²) in [6.45, 7) is 7.05. The normalized spacial score (nSPS) is 15.9. The van der Waals surface area contributed by atoms with Crippen LogP contribution in [0.1, 0.15) is 56.8 Å². The van der Waals surface area contributed by atoms with E-state index in [9.17, 15) is 19.3 Å². The van der Waals surface area contributed by atoms with Crippen LogP contribution in [0.2, 0.25) is 0 Å². The standard InChI is InChI=1S/C26H30N6O5/c1-4-31-24(34)29-23(32(25(31)35)16-17-9-11-26(2,3)12-10-17)28-19-5-7-20(8-6-19)37-21-13-18(14-27-15-21)22(33)30-36/h5-8,13-15,17H,4,9-12,16H2,1-3H3,(H,28,29,34). The van der Waals surface area contributed by atoms with E-state index in [4.69, 9.17) is 4.74 Å². The summed E-state index contributed by atoms with van der Waals surface area (Å²) in [4.78, 5) is 58.8. The van der Waals surface area contributed by atoms with Gasteiger partial charge in [0.1, 0.15) is 11.5 Å². The van der Waals surface area contributed by atoms with Gasteiger partial charge in [0, 0.05) is 24.5 Å². The van der Waals surface area contributed by atoms with E-state index in [-0.39, 0.29) is 29.2 Å². The van der Waals surface area contributed by atoms with Crippen LogP contribution in [0.5, 0.6) is 11.5 Å². The van der Waals surface area contributed by atoms with Crippen LogP contribution in [-0.4, -0.2) is 25.0 Å². The number of ether oxygens (including phenoxy) is 1. The zero-order valence-corrected chi connectivity index (χ0v) is 21.1. The number of benzene rings is 1. The number of pyridine rings is 1. The number of nitrogens with one attached hydrogen (secondary N) is 1. The summed E-state index contributed by atoms with van der Waals surface area (Å²) in [6, 6.07) is 8.05. The van der Waals surface area contributed by atoms with E-state index in [1.54, 1.807) is 35.8 Å². The molecule has 0 unspecified atom stereocenters. The molecule has 0 atom stereocenters. The summed E-state index contributed by atoms with van der Waals surface area (Å²) in [5, 5.41) is 2.38. The van der Waals surface area contributed by atoms with Gasteiger partial charge >= 0.3 is 17.3 Å². The number of carbonyl (C=O) groups is 1. The minimum Gasteiger partial charge on any atom is -0.456 e. The molecule has 1 aromatic carbocycles. The van der Waals surface area contributed by atoms with E-state index in [0.717, 1.165) is 25.7 Å². The quantitative estimate of drug-likeness (QED) is 0.482. The van der Waals surface area contributed by atoms with Gasteiger partial charge in [0.15, 0.2) is 0 Å². The first kappa shape index (κ1) is 25.9. The molecule has 0 spiro atoms. The molecule has 1 aliphatic rings. The van der Waals surface area contributed by atoms with Crippen LogP contribution in [0, 0.1) is 16.2 Å². The number of H-pyrrole nitrogens is 1. The van der Waals surface area contributed by atoms with Gasteiger partial charge in [-0.05, 0) is 74.3 Å². The lowest BCUT2D eigenvalue weighted by molar-refractivity contribution is 0.1000. The molecular formula is C26H30N6O5. The van der Waals surface area contributed by atoms with Gasteiger partial charge < -0.3 is 4.74 Å². The Morgan fingerprint density at radius 1 is 1.11 bits per heavy atom. The summed E-state index contributed by atoms with van der Waals surface area (Å²) in [7, 11) is 0. The van der Waals surface area contributed by atoms with Crippen molar-refractivity contribution in [2.75, 3.05) is 0 Å². The van der Waals surface area contributed by atoms with E-state index in [1.807, 2.05) is 0 Å². The van der Waals surface area contributed by atoms with E-state index in [0.29, 0.717) is 29.3 Å². The van der Waals surface area contributed by atoms with Crippen LogP contribution in [0.3, 0.4) is 0 Å². The molecule has 4 rings (SSSR count). The Balaban J connectivity index is 1.61. The largest absolute Gasteiger partial charge is 0.456 e. The molecule has 0 saturated heterocycles. The zero-order valence-electron chi connectivity index (χ0n) is 21.1. The lowest BCUT2D eigenvalue weighted by Gasteiger charge is -2.34. The number of rotatable bonds is 7. The maximum Gasteiger partial charge on any atom is 0.334 e. The van der Waals surface area contributed by atoms with Crippen LogP contribution in [-0.2, 0) is 13.1 Å². The molecule has 0 bridgehead atoms. The molecule has 194 valence electrons. The number of amides is 1. The van der Waals surface area contributed by atoms with Gasteiger partial charge in [-0.3, -0.25) is 19.3 Å². The van der Waals surface area contributed by atoms with E-state index in [2.05, 4.69) is 34.0 Å². The van der Waals surface area contributed by atoms with Gasteiger partial charge in [-0.25, -0.2) is 19.1 Å². The first-order valence-electron chi connectivity index (χ1n) is 12.3. The lowest BCUT2D eigenvalue weighted by Crippen LogP contribution is -2.50. The van der Waals surface area contributed by atoms with Gasteiger partial charge in [0.2, 0.25) is 5.62 Å². The van der Waals surface area contributed by atoms with E-state index >= 15 is 0 Å². The fourth-order valence-electron chi connectivity index (χ4n) is 4.48. The van der Waals surface area contributed by atoms with Crippen molar-refractivity contribution >= 4 is 11.6 Å². The molecule has 1 amide bonds. The highest BCUT2D eigenvalue weighted by atomic mass is 16.5. The highest BCUT2D eigenvalue weighted by Crippen LogP contribution is 2.38. The highest BCUT2D eigenvalue weighted by Gasteiger charge is 2.27. The summed E-state index contributed by atoms with van der Waals surface area (Å²) >= 11 is 0. The molecule has 11 heteroatoms. The Kier molecular flexibility index (Phi) is 7.61. The van der Waals surface area contributed by atoms with Crippen LogP contribution in [0.15, 0.2) is 62.5 Å². The van der Waals surface area contributed by atoms with Crippen molar-refractivity contribution in [3.8, 4) is 11.5 Å². The topological polar surface area (TPSA) is 141 Å². The fourth-order valence-corrected chi connectivity index (χ4v) is 4.48. The summed E-state index contributed by atoms with van der Waals surface area (Å²) < 4.78 is 8.45. The van der Waals surface area contributed by atoms with Crippen molar-refractivity contribution in [1.29, 1.82) is 0 Å². The molecule has 1 aliphatic carbocycles. The summed E-state index contributed by atoms with van der Waals surface area (Å²) in [6.07, 6.45) is 6.85. The van der Waals surface area contributed by atoms with Crippen molar-refractivity contribution in [2.45, 2.75) is 59.5 Å². The number of carbonyl (C=O) groups excluding carboxylic acids is 1. The fraction of sp³-hybridized carbons (Fsp3) is 0.423. The van der Waals surface area contributed by atoms with Crippen molar-refractivity contribution < 1.29 is 9.53 Å². The summed E-state index contributed by atoms with van der Waals surface area (Å²) in [5.41, 5.74) is 0.180. The second-order valence-electron chi connectivity index (χ2n) is 10.0. The van der Waals surface area contributed by atoms with Gasteiger partial charge in [-0.1, -0.05) is 13.8 Å². The van der Waals surface area contributed by atoms with E-state index in [1.165, 1.54) is 23.0 Å². The van der Waals surface area contributed by atoms with Gasteiger partial charge in [0.05, 0.1) is 17.4 Å². The van der Waals surface area contributed by atoms with Crippen LogP contribution in [0.4, 0.5) is 5.69 Å². The smallest absolute Gasteiger partial charge is 0.334 e. The van der Waals surface area contributed by atoms with Crippen LogP contribution < -0.4 is 21.7 Å². The first-order valence-corrected chi connectivity index (χ1v) is 12.3. The number of nitrogens with zero attached hydrogens (tertiary/aromatic N) is 5.